The Morgan fingerprint density at radius 3 is 2.15 bits per heavy atom. The van der Waals surface area contributed by atoms with Crippen LogP contribution in [0.5, 0.6) is 0 Å². The molecule has 2 N–H and O–H groups in total. The van der Waals surface area contributed by atoms with Crippen molar-refractivity contribution in [2.24, 2.45) is 23.0 Å². The Morgan fingerprint density at radius 1 is 1.05 bits per heavy atom. The first kappa shape index (κ1) is 15.8. The maximum atomic E-state index is 13.1. The third kappa shape index (κ3) is 2.61. The lowest BCUT2D eigenvalue weighted by atomic mass is 9.60. The molecule has 0 aromatic heterocycles. The summed E-state index contributed by atoms with van der Waals surface area (Å²) in [5, 5.41) is 0. The zero-order chi connectivity index (χ0) is 15.1. The normalized spacial score (nSPS) is 41.5. The average molecular weight is 280 g/mol. The molecule has 5 unspecified atom stereocenters. The summed E-state index contributed by atoms with van der Waals surface area (Å²) in [7, 11) is 0. The van der Waals surface area contributed by atoms with Gasteiger partial charge in [-0.2, -0.15) is 0 Å². The summed E-state index contributed by atoms with van der Waals surface area (Å²) in [6.07, 6.45) is 5.49. The number of rotatable bonds is 1. The highest BCUT2D eigenvalue weighted by Crippen LogP contribution is 2.46. The minimum Gasteiger partial charge on any atom is -0.337 e. The van der Waals surface area contributed by atoms with E-state index >= 15 is 0 Å². The molecular formula is C17H32N2O. The van der Waals surface area contributed by atoms with Crippen molar-refractivity contribution in [1.82, 2.24) is 4.90 Å². The maximum absolute atomic E-state index is 13.1. The molecule has 0 spiro atoms. The minimum atomic E-state index is 0.00559. The van der Waals surface area contributed by atoms with E-state index in [4.69, 9.17) is 5.73 Å². The van der Waals surface area contributed by atoms with E-state index in [-0.39, 0.29) is 17.4 Å². The van der Waals surface area contributed by atoms with Crippen LogP contribution in [0.2, 0.25) is 0 Å². The highest BCUT2D eigenvalue weighted by atomic mass is 16.2. The minimum absolute atomic E-state index is 0.00559. The lowest BCUT2D eigenvalue weighted by Gasteiger charge is -2.50. The maximum Gasteiger partial charge on any atom is 0.226 e. The van der Waals surface area contributed by atoms with E-state index in [1.165, 1.54) is 6.42 Å². The largest absolute Gasteiger partial charge is 0.337 e. The van der Waals surface area contributed by atoms with Gasteiger partial charge in [0.25, 0.3) is 0 Å². The standard InChI is InChI=1S/C17H32N2O/c1-11-7-6-8-12(2)19(11)16(20)14-9-10-15(18)13(3)17(14,4)5/h11-15H,6-10,18H2,1-5H3. The first-order valence-corrected chi connectivity index (χ1v) is 8.34. The molecule has 5 atom stereocenters. The molecule has 1 heterocycles. The smallest absolute Gasteiger partial charge is 0.226 e. The van der Waals surface area contributed by atoms with Gasteiger partial charge in [-0.15, -0.1) is 0 Å². The van der Waals surface area contributed by atoms with Gasteiger partial charge in [0.1, 0.15) is 0 Å². The van der Waals surface area contributed by atoms with Gasteiger partial charge in [-0.05, 0) is 57.3 Å². The van der Waals surface area contributed by atoms with Crippen molar-refractivity contribution in [1.29, 1.82) is 0 Å². The molecule has 1 aliphatic heterocycles. The van der Waals surface area contributed by atoms with Crippen molar-refractivity contribution in [2.45, 2.75) is 84.8 Å². The third-order valence-corrected chi connectivity index (χ3v) is 6.25. The summed E-state index contributed by atoms with van der Waals surface area (Å²) in [5.74, 6) is 0.925. The second-order valence-corrected chi connectivity index (χ2v) is 7.78. The van der Waals surface area contributed by atoms with Crippen molar-refractivity contribution in [3.63, 3.8) is 0 Å². The molecule has 1 aliphatic carbocycles. The number of carbonyl (C=O) groups excluding carboxylic acids is 1. The van der Waals surface area contributed by atoms with Gasteiger partial charge in [-0.3, -0.25) is 4.79 Å². The second kappa shape index (κ2) is 5.67. The van der Waals surface area contributed by atoms with E-state index in [2.05, 4.69) is 39.5 Å². The number of hydrogen-bond donors (Lipinski definition) is 1. The van der Waals surface area contributed by atoms with Gasteiger partial charge in [0.15, 0.2) is 0 Å². The zero-order valence-electron chi connectivity index (χ0n) is 13.9. The van der Waals surface area contributed by atoms with E-state index in [1.807, 2.05) is 0 Å². The van der Waals surface area contributed by atoms with Crippen LogP contribution in [0.3, 0.4) is 0 Å². The molecule has 2 aliphatic rings. The van der Waals surface area contributed by atoms with Gasteiger partial charge in [0.2, 0.25) is 5.91 Å². The highest BCUT2D eigenvalue weighted by Gasteiger charge is 2.47. The van der Waals surface area contributed by atoms with Crippen LogP contribution in [0.15, 0.2) is 0 Å². The molecule has 116 valence electrons. The quantitative estimate of drug-likeness (QED) is 0.802. The Bertz CT molecular complexity index is 356. The van der Waals surface area contributed by atoms with E-state index in [9.17, 15) is 4.79 Å². The van der Waals surface area contributed by atoms with Crippen molar-refractivity contribution >= 4 is 5.91 Å². The van der Waals surface area contributed by atoms with Gasteiger partial charge in [0, 0.05) is 24.0 Å². The molecule has 3 heteroatoms. The summed E-state index contributed by atoms with van der Waals surface area (Å²) in [4.78, 5) is 15.3. The fourth-order valence-electron chi connectivity index (χ4n) is 4.33. The lowest BCUT2D eigenvalue weighted by Crippen LogP contribution is -2.56. The molecule has 2 fully saturated rings. The first-order chi connectivity index (χ1) is 9.26. The molecule has 0 bridgehead atoms. The van der Waals surface area contributed by atoms with Crippen LogP contribution in [-0.2, 0) is 4.79 Å². The van der Waals surface area contributed by atoms with Crippen LogP contribution in [0.25, 0.3) is 0 Å². The van der Waals surface area contributed by atoms with Crippen LogP contribution < -0.4 is 5.73 Å². The van der Waals surface area contributed by atoms with Crippen molar-refractivity contribution in [3.05, 3.63) is 0 Å². The Kier molecular flexibility index (Phi) is 4.48. The molecule has 3 nitrogen and oxygen atoms in total. The zero-order valence-corrected chi connectivity index (χ0v) is 13.9. The summed E-state index contributed by atoms with van der Waals surface area (Å²) < 4.78 is 0. The number of piperidine rings is 1. The van der Waals surface area contributed by atoms with Crippen LogP contribution in [0, 0.1) is 17.3 Å². The number of nitrogens with two attached hydrogens (primary N) is 1. The predicted molar refractivity (Wildman–Crippen MR) is 83.3 cm³/mol. The number of carbonyl (C=O) groups is 1. The van der Waals surface area contributed by atoms with E-state index in [1.54, 1.807) is 0 Å². The van der Waals surface area contributed by atoms with Crippen LogP contribution in [0.1, 0.15) is 66.7 Å². The van der Waals surface area contributed by atoms with Crippen molar-refractivity contribution in [2.75, 3.05) is 0 Å². The molecule has 0 aromatic rings. The monoisotopic (exact) mass is 280 g/mol. The second-order valence-electron chi connectivity index (χ2n) is 7.78. The number of likely N-dealkylation sites (tertiary alicyclic amines) is 1. The Hall–Kier alpha value is -0.570. The number of amides is 1. The van der Waals surface area contributed by atoms with Gasteiger partial charge in [-0.25, -0.2) is 0 Å². The molecule has 1 saturated heterocycles. The average Bonchev–Trinajstić information content (AvgIpc) is 2.35. The van der Waals surface area contributed by atoms with E-state index in [0.29, 0.717) is 23.9 Å². The van der Waals surface area contributed by atoms with Gasteiger partial charge in [0.05, 0.1) is 0 Å². The fourth-order valence-corrected chi connectivity index (χ4v) is 4.33. The number of hydrogen-bond acceptors (Lipinski definition) is 2. The first-order valence-electron chi connectivity index (χ1n) is 8.34. The molecule has 2 rings (SSSR count). The van der Waals surface area contributed by atoms with E-state index < -0.39 is 0 Å². The van der Waals surface area contributed by atoms with Gasteiger partial charge < -0.3 is 10.6 Å². The van der Waals surface area contributed by atoms with Crippen molar-refractivity contribution < 1.29 is 4.79 Å². The predicted octanol–water partition coefficient (Wildman–Crippen LogP) is 3.18. The van der Waals surface area contributed by atoms with Crippen molar-refractivity contribution in [3.8, 4) is 0 Å². The highest BCUT2D eigenvalue weighted by molar-refractivity contribution is 5.80. The topological polar surface area (TPSA) is 46.3 Å². The molecule has 20 heavy (non-hydrogen) atoms. The lowest BCUT2D eigenvalue weighted by molar-refractivity contribution is -0.149. The third-order valence-electron chi connectivity index (χ3n) is 6.25. The summed E-state index contributed by atoms with van der Waals surface area (Å²) in [5.41, 5.74) is 6.23. The molecular weight excluding hydrogens is 248 g/mol. The summed E-state index contributed by atoms with van der Waals surface area (Å²) in [6, 6.07) is 1.03. The fraction of sp³-hybridized carbons (Fsp3) is 0.941. The molecule has 0 aromatic carbocycles. The molecule has 1 amide bonds. The Morgan fingerprint density at radius 2 is 1.60 bits per heavy atom. The van der Waals surface area contributed by atoms with Gasteiger partial charge in [-0.1, -0.05) is 20.8 Å². The van der Waals surface area contributed by atoms with Crippen LogP contribution in [-0.4, -0.2) is 28.9 Å². The number of nitrogens with zero attached hydrogens (tertiary/aromatic N) is 1. The summed E-state index contributed by atoms with van der Waals surface area (Å²) >= 11 is 0. The molecule has 0 radical (unpaired) electrons. The summed E-state index contributed by atoms with van der Waals surface area (Å²) in [6.45, 7) is 11.1. The SMILES string of the molecule is CC1CCCC(C)N1C(=O)C1CCC(N)C(C)C1(C)C. The van der Waals surface area contributed by atoms with Gasteiger partial charge >= 0.3 is 0 Å². The molecule has 1 saturated carbocycles. The Labute approximate surface area is 124 Å². The van der Waals surface area contributed by atoms with E-state index in [0.717, 1.165) is 25.7 Å². The Balaban J connectivity index is 2.19. The van der Waals surface area contributed by atoms with Crippen LogP contribution in [0.4, 0.5) is 0 Å². The van der Waals surface area contributed by atoms with Crippen LogP contribution >= 0.6 is 0 Å².